The fourth-order valence-corrected chi connectivity index (χ4v) is 0.802. The molecule has 3 nitrogen and oxygen atoms in total. The van der Waals surface area contributed by atoms with Crippen molar-refractivity contribution >= 4 is 33.6 Å². The van der Waals surface area contributed by atoms with Crippen molar-refractivity contribution in [3.05, 3.63) is 0 Å². The van der Waals surface area contributed by atoms with Crippen molar-refractivity contribution in [1.82, 2.24) is 0 Å². The molecule has 0 spiro atoms. The highest BCUT2D eigenvalue weighted by Crippen LogP contribution is 1.80. The maximum atomic E-state index is 9.41. The predicted molar refractivity (Wildman–Crippen MR) is 30.3 cm³/mol. The van der Waals surface area contributed by atoms with E-state index in [1.54, 1.807) is 22.6 Å². The van der Waals surface area contributed by atoms with Crippen LogP contribution in [0.15, 0.2) is 0 Å². The summed E-state index contributed by atoms with van der Waals surface area (Å²) in [6, 6.07) is 0. The van der Waals surface area contributed by atoms with Crippen LogP contribution in [0.25, 0.3) is 0 Å². The van der Waals surface area contributed by atoms with Crippen molar-refractivity contribution in [2.75, 3.05) is 4.61 Å². The molecule has 0 radical (unpaired) electrons. The van der Waals surface area contributed by atoms with E-state index in [9.17, 15) is 8.42 Å². The quantitative estimate of drug-likeness (QED) is 0.403. The third-order valence-electron chi connectivity index (χ3n) is 0.154. The van der Waals surface area contributed by atoms with Crippen LogP contribution in [-0.2, 0) is 15.2 Å². The fraction of sp³-hybridized carbons (Fsp3) is 1.00. The van der Waals surface area contributed by atoms with Crippen molar-refractivity contribution in [2.24, 2.45) is 0 Å². The standard InChI is InChI=1S/CH3IO3S/c2-1-5-6(3)4/h6H,1H2. The van der Waals surface area contributed by atoms with Gasteiger partial charge in [0.05, 0.1) is 0 Å². The molecule has 0 aliphatic rings. The van der Waals surface area contributed by atoms with Gasteiger partial charge in [-0.15, -0.1) is 0 Å². The lowest BCUT2D eigenvalue weighted by molar-refractivity contribution is 0.410. The first kappa shape index (κ1) is 6.64. The van der Waals surface area contributed by atoms with Gasteiger partial charge in [0, 0.05) is 0 Å². The highest BCUT2D eigenvalue weighted by Gasteiger charge is 1.73. The Bertz CT molecular complexity index is 78.8. The Hall–Kier alpha value is 0.640. The van der Waals surface area contributed by atoms with Gasteiger partial charge in [-0.25, -0.2) is 8.42 Å². The molecule has 0 atom stereocenters. The Kier molecular flexibility index (Phi) is 4.22. The zero-order valence-electron chi connectivity index (χ0n) is 2.76. The zero-order valence-corrected chi connectivity index (χ0v) is 5.81. The van der Waals surface area contributed by atoms with Crippen molar-refractivity contribution in [3.63, 3.8) is 0 Å². The lowest BCUT2D eigenvalue weighted by Crippen LogP contribution is -1.79. The van der Waals surface area contributed by atoms with Gasteiger partial charge < -0.3 is 0 Å². The van der Waals surface area contributed by atoms with Gasteiger partial charge >= 0.3 is 0 Å². The Morgan fingerprint density at radius 1 is 1.67 bits per heavy atom. The van der Waals surface area contributed by atoms with E-state index in [1.807, 2.05) is 0 Å². The third-order valence-corrected chi connectivity index (χ3v) is 1.30. The van der Waals surface area contributed by atoms with Gasteiger partial charge in [-0.05, 0) is 0 Å². The highest BCUT2D eigenvalue weighted by atomic mass is 127. The molecule has 0 rings (SSSR count). The molecule has 0 aliphatic heterocycles. The van der Waals surface area contributed by atoms with Gasteiger partial charge in [-0.1, -0.05) is 22.6 Å². The van der Waals surface area contributed by atoms with Gasteiger partial charge in [0.25, 0.3) is 11.0 Å². The van der Waals surface area contributed by atoms with E-state index in [1.165, 1.54) is 0 Å². The van der Waals surface area contributed by atoms with Crippen molar-refractivity contribution in [2.45, 2.75) is 0 Å². The van der Waals surface area contributed by atoms with Crippen LogP contribution >= 0.6 is 22.6 Å². The molecular formula is CH3IO3S. The molecule has 0 aromatic rings. The molecule has 0 fully saturated rings. The van der Waals surface area contributed by atoms with Crippen LogP contribution in [0.1, 0.15) is 0 Å². The minimum atomic E-state index is -2.61. The Labute approximate surface area is 51.0 Å². The first-order chi connectivity index (χ1) is 2.77. The number of rotatable bonds is 2. The zero-order chi connectivity index (χ0) is 4.99. The van der Waals surface area contributed by atoms with E-state index in [2.05, 4.69) is 4.18 Å². The molecule has 0 bridgehead atoms. The van der Waals surface area contributed by atoms with E-state index in [4.69, 9.17) is 0 Å². The smallest absolute Gasteiger partial charge is 0.257 e. The third kappa shape index (κ3) is 4.64. The summed E-state index contributed by atoms with van der Waals surface area (Å²) >= 11 is 1.80. The number of halogens is 1. The molecule has 0 aliphatic carbocycles. The lowest BCUT2D eigenvalue weighted by atomic mass is 11.8. The summed E-state index contributed by atoms with van der Waals surface area (Å²) in [6.07, 6.45) is 0. The molecular weight excluding hydrogens is 219 g/mol. The fourth-order valence-electron chi connectivity index (χ4n) is 0.0398. The van der Waals surface area contributed by atoms with Gasteiger partial charge in [-0.3, -0.25) is 4.18 Å². The summed E-state index contributed by atoms with van der Waals surface area (Å²) in [5.74, 6) is 0. The van der Waals surface area contributed by atoms with Crippen LogP contribution in [0.3, 0.4) is 0 Å². The monoisotopic (exact) mass is 222 g/mol. The molecule has 0 saturated carbocycles. The van der Waals surface area contributed by atoms with Crippen LogP contribution in [0, 0.1) is 0 Å². The summed E-state index contributed by atoms with van der Waals surface area (Å²) in [7, 11) is -2.61. The van der Waals surface area contributed by atoms with E-state index in [0.29, 0.717) is 0 Å². The van der Waals surface area contributed by atoms with Gasteiger partial charge in [-0.2, -0.15) is 0 Å². The average Bonchev–Trinajstić information content (AvgIpc) is 1.35. The van der Waals surface area contributed by atoms with E-state index >= 15 is 0 Å². The average molecular weight is 222 g/mol. The Morgan fingerprint density at radius 2 is 2.17 bits per heavy atom. The highest BCUT2D eigenvalue weighted by molar-refractivity contribution is 14.1. The van der Waals surface area contributed by atoms with Crippen LogP contribution in [0.2, 0.25) is 0 Å². The lowest BCUT2D eigenvalue weighted by Gasteiger charge is -1.76. The molecule has 0 saturated heterocycles. The molecule has 6 heavy (non-hydrogen) atoms. The topological polar surface area (TPSA) is 43.4 Å². The summed E-state index contributed by atoms with van der Waals surface area (Å²) in [6.45, 7) is 0. The molecule has 0 heterocycles. The first-order valence-electron chi connectivity index (χ1n) is 1.10. The predicted octanol–water partition coefficient (Wildman–Crippen LogP) is -0.0781. The summed E-state index contributed by atoms with van der Waals surface area (Å²) in [5.41, 5.74) is 0. The Balaban J connectivity index is 3.07. The molecule has 0 N–H and O–H groups in total. The molecule has 0 aromatic heterocycles. The molecule has 38 valence electrons. The minimum Gasteiger partial charge on any atom is -0.262 e. The van der Waals surface area contributed by atoms with E-state index in [0.717, 1.165) is 0 Å². The van der Waals surface area contributed by atoms with E-state index < -0.39 is 11.0 Å². The van der Waals surface area contributed by atoms with Crippen LogP contribution in [0.5, 0.6) is 0 Å². The number of hydrogen-bond donors (Lipinski definition) is 1. The van der Waals surface area contributed by atoms with Crippen LogP contribution in [-0.4, -0.2) is 13.0 Å². The molecule has 0 aromatic carbocycles. The maximum absolute atomic E-state index is 9.41. The SMILES string of the molecule is O=[SH](=O)OCI. The first-order valence-corrected chi connectivity index (χ1v) is 3.72. The maximum Gasteiger partial charge on any atom is 0.257 e. The summed E-state index contributed by atoms with van der Waals surface area (Å²) < 4.78 is 23.0. The number of hydrogen-bond acceptors (Lipinski definition) is 3. The second kappa shape index (κ2) is 3.82. The number of alkyl halides is 1. The normalized spacial score (nSPS) is 9.67. The van der Waals surface area contributed by atoms with Crippen LogP contribution in [0.4, 0.5) is 0 Å². The van der Waals surface area contributed by atoms with Gasteiger partial charge in [0.2, 0.25) is 0 Å². The van der Waals surface area contributed by atoms with Crippen LogP contribution < -0.4 is 0 Å². The largest absolute Gasteiger partial charge is 0.262 e. The van der Waals surface area contributed by atoms with Crippen molar-refractivity contribution in [1.29, 1.82) is 0 Å². The second-order valence-electron chi connectivity index (χ2n) is 0.462. The number of thiol groups is 1. The van der Waals surface area contributed by atoms with Crippen molar-refractivity contribution in [3.8, 4) is 0 Å². The van der Waals surface area contributed by atoms with Gasteiger partial charge in [0.1, 0.15) is 4.61 Å². The molecule has 0 amide bonds. The Morgan fingerprint density at radius 3 is 2.17 bits per heavy atom. The molecule has 5 heteroatoms. The van der Waals surface area contributed by atoms with Crippen molar-refractivity contribution < 1.29 is 12.6 Å². The second-order valence-corrected chi connectivity index (χ2v) is 1.79. The van der Waals surface area contributed by atoms with E-state index in [-0.39, 0.29) is 4.61 Å². The molecule has 0 unspecified atom stereocenters. The summed E-state index contributed by atoms with van der Waals surface area (Å²) in [5, 5.41) is 0. The van der Waals surface area contributed by atoms with Gasteiger partial charge in [0.15, 0.2) is 0 Å². The summed E-state index contributed by atoms with van der Waals surface area (Å²) in [4.78, 5) is 0. The minimum absolute atomic E-state index is 0.205.